The Morgan fingerprint density at radius 2 is 2.20 bits per heavy atom. The number of nitrogens with one attached hydrogen (secondary N) is 2. The highest BCUT2D eigenvalue weighted by atomic mass is 16.2. The number of hydrogen-bond donors (Lipinski definition) is 2. The number of amides is 2. The molecule has 138 valence electrons. The van der Waals surface area contributed by atoms with Crippen molar-refractivity contribution in [1.82, 2.24) is 25.3 Å². The maximum absolute atomic E-state index is 12.8. The van der Waals surface area contributed by atoms with E-state index in [0.29, 0.717) is 6.54 Å². The number of likely N-dealkylation sites (N-methyl/N-ethyl adjacent to an activating group) is 2. The minimum Gasteiger partial charge on any atom is -0.350 e. The molecular weight excluding hydrogens is 322 g/mol. The molecule has 1 aliphatic rings. The molecule has 25 heavy (non-hydrogen) atoms. The molecule has 0 bridgehead atoms. The molecule has 8 heteroatoms. The number of hydrogen-bond acceptors (Lipinski definition) is 5. The zero-order chi connectivity index (χ0) is 18.8. The molecule has 8 nitrogen and oxygen atoms in total. The molecule has 2 rings (SSSR count). The van der Waals surface area contributed by atoms with Crippen LogP contribution in [0.2, 0.25) is 0 Å². The van der Waals surface area contributed by atoms with E-state index in [2.05, 4.69) is 34.3 Å². The maximum Gasteiger partial charge on any atom is 0.264 e. The number of H-pyrrole nitrogens is 1. The summed E-state index contributed by atoms with van der Waals surface area (Å²) >= 11 is 0. The van der Waals surface area contributed by atoms with Crippen LogP contribution in [0.5, 0.6) is 0 Å². The van der Waals surface area contributed by atoms with Crippen molar-refractivity contribution in [3.8, 4) is 0 Å². The number of carbonyl (C=O) groups excluding carboxylic acids is 2. The van der Waals surface area contributed by atoms with Crippen molar-refractivity contribution >= 4 is 11.8 Å². The van der Waals surface area contributed by atoms with Crippen molar-refractivity contribution in [2.45, 2.75) is 39.3 Å². The Hall–Kier alpha value is -2.22. The highest BCUT2D eigenvalue weighted by Crippen LogP contribution is 2.33. The van der Waals surface area contributed by atoms with E-state index >= 15 is 0 Å². The van der Waals surface area contributed by atoms with Crippen LogP contribution >= 0.6 is 0 Å². The summed E-state index contributed by atoms with van der Waals surface area (Å²) in [5.41, 5.74) is -0.108. The third kappa shape index (κ3) is 4.66. The van der Waals surface area contributed by atoms with Gasteiger partial charge in [-0.25, -0.2) is 5.10 Å². The Morgan fingerprint density at radius 1 is 1.52 bits per heavy atom. The first kappa shape index (κ1) is 19.1. The predicted octanol–water partition coefficient (Wildman–Crippen LogP) is 0.0769. The van der Waals surface area contributed by atoms with Gasteiger partial charge in [0.05, 0.1) is 17.8 Å². The summed E-state index contributed by atoms with van der Waals surface area (Å²) < 4.78 is 0. The van der Waals surface area contributed by atoms with Crippen LogP contribution in [0.4, 0.5) is 0 Å². The van der Waals surface area contributed by atoms with Gasteiger partial charge in [0.1, 0.15) is 0 Å². The molecule has 1 fully saturated rings. The molecule has 2 N–H and O–H groups in total. The van der Waals surface area contributed by atoms with Gasteiger partial charge in [0, 0.05) is 32.2 Å². The lowest BCUT2D eigenvalue weighted by Crippen LogP contribution is -2.49. The molecule has 1 aromatic rings. The van der Waals surface area contributed by atoms with Crippen molar-refractivity contribution in [1.29, 1.82) is 0 Å². The highest BCUT2D eigenvalue weighted by molar-refractivity contribution is 5.93. The topological polar surface area (TPSA) is 98.4 Å². The van der Waals surface area contributed by atoms with E-state index in [9.17, 15) is 14.4 Å². The second-order valence-corrected chi connectivity index (χ2v) is 7.64. The molecule has 2 heterocycles. The van der Waals surface area contributed by atoms with Gasteiger partial charge in [0.15, 0.2) is 0 Å². The van der Waals surface area contributed by atoms with Crippen molar-refractivity contribution in [2.24, 2.45) is 5.41 Å². The van der Waals surface area contributed by atoms with Gasteiger partial charge in [-0.3, -0.25) is 19.3 Å². The molecular formula is C17H27N5O3. The number of aromatic nitrogens is 2. The highest BCUT2D eigenvalue weighted by Gasteiger charge is 2.40. The molecule has 2 amide bonds. The van der Waals surface area contributed by atoms with E-state index in [1.54, 1.807) is 11.9 Å². The lowest BCUT2D eigenvalue weighted by molar-refractivity contribution is -0.136. The molecule has 0 saturated carbocycles. The van der Waals surface area contributed by atoms with Crippen LogP contribution in [0.3, 0.4) is 0 Å². The summed E-state index contributed by atoms with van der Waals surface area (Å²) in [5, 5.41) is 8.57. The van der Waals surface area contributed by atoms with Crippen LogP contribution in [0.1, 0.15) is 37.6 Å². The fourth-order valence-corrected chi connectivity index (χ4v) is 3.24. The first-order valence-corrected chi connectivity index (χ1v) is 8.40. The third-order valence-corrected chi connectivity index (χ3v) is 4.73. The van der Waals surface area contributed by atoms with Crippen LogP contribution in [0, 0.1) is 5.41 Å². The molecule has 0 aliphatic carbocycles. The Labute approximate surface area is 147 Å². The van der Waals surface area contributed by atoms with E-state index in [0.717, 1.165) is 13.0 Å². The van der Waals surface area contributed by atoms with E-state index in [1.165, 1.54) is 12.3 Å². The van der Waals surface area contributed by atoms with E-state index < -0.39 is 5.56 Å². The van der Waals surface area contributed by atoms with Gasteiger partial charge < -0.3 is 10.2 Å². The van der Waals surface area contributed by atoms with Gasteiger partial charge in [-0.15, -0.1) is 0 Å². The van der Waals surface area contributed by atoms with Crippen molar-refractivity contribution < 1.29 is 9.59 Å². The number of nitrogens with zero attached hydrogens (tertiary/aromatic N) is 3. The van der Waals surface area contributed by atoms with Gasteiger partial charge in [-0.2, -0.15) is 5.10 Å². The molecule has 0 radical (unpaired) electrons. The third-order valence-electron chi connectivity index (χ3n) is 4.73. The zero-order valence-electron chi connectivity index (χ0n) is 15.5. The van der Waals surface area contributed by atoms with Crippen LogP contribution < -0.4 is 10.9 Å². The Balaban J connectivity index is 1.91. The smallest absolute Gasteiger partial charge is 0.264 e. The summed E-state index contributed by atoms with van der Waals surface area (Å²) in [6, 6.07) is 0.899. The fourth-order valence-electron chi connectivity index (χ4n) is 3.24. The Kier molecular flexibility index (Phi) is 5.62. The minimum atomic E-state index is -0.431. The van der Waals surface area contributed by atoms with Crippen molar-refractivity contribution in [3.63, 3.8) is 0 Å². The summed E-state index contributed by atoms with van der Waals surface area (Å²) in [6.45, 7) is 7.39. The summed E-state index contributed by atoms with van der Waals surface area (Å²) in [5.74, 6) is -0.321. The standard InChI is InChI=1S/C17H27N5O3/c1-11(8-18-15(24)12-6-14(23)20-19-9-12)22(5)16(25)13-7-17(2,3)10-21(13)4/h6,9,11,13H,7-8,10H2,1-5H3,(H,18,24)(H,20,23). The fraction of sp³-hybridized carbons (Fsp3) is 0.647. The van der Waals surface area contributed by atoms with Gasteiger partial charge in [0.25, 0.3) is 11.5 Å². The van der Waals surface area contributed by atoms with E-state index in [4.69, 9.17) is 0 Å². The van der Waals surface area contributed by atoms with Crippen LogP contribution in [-0.4, -0.2) is 71.1 Å². The summed E-state index contributed by atoms with van der Waals surface area (Å²) in [7, 11) is 3.73. The minimum absolute atomic E-state index is 0.0626. The first-order valence-electron chi connectivity index (χ1n) is 8.40. The maximum atomic E-state index is 12.8. The first-order chi connectivity index (χ1) is 11.6. The average molecular weight is 349 g/mol. The van der Waals surface area contributed by atoms with Crippen LogP contribution in [0.25, 0.3) is 0 Å². The molecule has 1 saturated heterocycles. The van der Waals surface area contributed by atoms with Gasteiger partial charge in [0.2, 0.25) is 5.91 Å². The second kappa shape index (κ2) is 7.35. The number of carbonyl (C=O) groups is 2. The van der Waals surface area contributed by atoms with E-state index in [1.807, 2.05) is 14.0 Å². The van der Waals surface area contributed by atoms with E-state index in [-0.39, 0.29) is 34.9 Å². The van der Waals surface area contributed by atoms with Crippen LogP contribution in [-0.2, 0) is 4.79 Å². The number of likely N-dealkylation sites (tertiary alicyclic amines) is 1. The molecule has 1 aliphatic heterocycles. The van der Waals surface area contributed by atoms with Crippen LogP contribution in [0.15, 0.2) is 17.1 Å². The molecule has 2 atom stereocenters. The molecule has 0 aromatic carbocycles. The number of aromatic amines is 1. The average Bonchev–Trinajstić information content (AvgIpc) is 2.83. The molecule has 1 aromatic heterocycles. The second-order valence-electron chi connectivity index (χ2n) is 7.64. The largest absolute Gasteiger partial charge is 0.350 e. The zero-order valence-corrected chi connectivity index (χ0v) is 15.5. The van der Waals surface area contributed by atoms with Crippen molar-refractivity contribution in [3.05, 3.63) is 28.2 Å². The van der Waals surface area contributed by atoms with Crippen molar-refractivity contribution in [2.75, 3.05) is 27.2 Å². The predicted molar refractivity (Wildman–Crippen MR) is 94.2 cm³/mol. The quantitative estimate of drug-likeness (QED) is 0.784. The Bertz CT molecular complexity index is 700. The Morgan fingerprint density at radius 3 is 2.76 bits per heavy atom. The summed E-state index contributed by atoms with van der Waals surface area (Å²) in [4.78, 5) is 39.8. The molecule has 0 spiro atoms. The molecule has 2 unspecified atom stereocenters. The lowest BCUT2D eigenvalue weighted by Gasteiger charge is -2.30. The monoisotopic (exact) mass is 349 g/mol. The SMILES string of the molecule is CC(CNC(=O)c1cn[nH]c(=O)c1)N(C)C(=O)C1CC(C)(C)CN1C. The normalized spacial score (nSPS) is 20.9. The van der Waals surface area contributed by atoms with Gasteiger partial charge in [-0.05, 0) is 25.8 Å². The summed E-state index contributed by atoms with van der Waals surface area (Å²) in [6.07, 6.45) is 2.12. The van der Waals surface area contributed by atoms with Gasteiger partial charge in [-0.1, -0.05) is 13.8 Å². The lowest BCUT2D eigenvalue weighted by atomic mass is 9.90. The number of rotatable bonds is 5. The van der Waals surface area contributed by atoms with Gasteiger partial charge >= 0.3 is 0 Å².